The van der Waals surface area contributed by atoms with E-state index in [-0.39, 0.29) is 24.8 Å². The van der Waals surface area contributed by atoms with Crippen molar-refractivity contribution < 1.29 is 4.74 Å². The van der Waals surface area contributed by atoms with E-state index in [9.17, 15) is 0 Å². The summed E-state index contributed by atoms with van der Waals surface area (Å²) in [6, 6.07) is 19.3. The molecule has 0 spiro atoms. The Morgan fingerprint density at radius 3 is 2.31 bits per heavy atom. The van der Waals surface area contributed by atoms with E-state index >= 15 is 0 Å². The Morgan fingerprint density at radius 1 is 0.923 bits per heavy atom. The highest BCUT2D eigenvalue weighted by Crippen LogP contribution is 2.40. The van der Waals surface area contributed by atoms with E-state index in [1.807, 2.05) is 30.3 Å². The lowest BCUT2D eigenvalue weighted by Gasteiger charge is -2.35. The van der Waals surface area contributed by atoms with E-state index in [4.69, 9.17) is 4.74 Å². The molecule has 3 nitrogen and oxygen atoms in total. The summed E-state index contributed by atoms with van der Waals surface area (Å²) in [6.07, 6.45) is 4.10. The first-order valence-corrected chi connectivity index (χ1v) is 9.16. The molecule has 5 heteroatoms. The lowest BCUT2D eigenvalue weighted by molar-refractivity contribution is 0.160. The largest absolute Gasteiger partial charge is 0.457 e. The minimum Gasteiger partial charge on any atom is -0.457 e. The summed E-state index contributed by atoms with van der Waals surface area (Å²) in [5.74, 6) is 2.76. The second kappa shape index (κ2) is 10.2. The molecule has 1 saturated carbocycles. The van der Waals surface area contributed by atoms with E-state index in [1.165, 1.54) is 24.8 Å². The summed E-state index contributed by atoms with van der Waals surface area (Å²) < 4.78 is 6.05. The zero-order valence-corrected chi connectivity index (χ0v) is 16.6. The molecule has 2 aliphatic rings. The van der Waals surface area contributed by atoms with Gasteiger partial charge in [-0.05, 0) is 42.2 Å². The van der Waals surface area contributed by atoms with E-state index in [2.05, 4.69) is 34.5 Å². The fourth-order valence-electron chi connectivity index (χ4n) is 3.57. The van der Waals surface area contributed by atoms with Crippen LogP contribution in [-0.4, -0.2) is 31.1 Å². The average molecular weight is 395 g/mol. The molecule has 4 rings (SSSR count). The maximum atomic E-state index is 6.05. The third kappa shape index (κ3) is 5.62. The molecular weight excluding hydrogens is 367 g/mol. The first-order valence-electron chi connectivity index (χ1n) is 9.16. The van der Waals surface area contributed by atoms with E-state index in [0.29, 0.717) is 6.04 Å². The highest BCUT2D eigenvalue weighted by molar-refractivity contribution is 5.85. The molecule has 2 fully saturated rings. The van der Waals surface area contributed by atoms with Crippen molar-refractivity contribution in [1.29, 1.82) is 0 Å². The van der Waals surface area contributed by atoms with E-state index < -0.39 is 0 Å². The van der Waals surface area contributed by atoms with Crippen LogP contribution in [0.25, 0.3) is 0 Å². The Bertz CT molecular complexity index is 658. The van der Waals surface area contributed by atoms with Crippen LogP contribution in [0.3, 0.4) is 0 Å². The molecule has 0 aromatic heterocycles. The monoisotopic (exact) mass is 394 g/mol. The number of para-hydroxylation sites is 1. The number of benzene rings is 2. The molecule has 1 saturated heterocycles. The molecule has 0 radical (unpaired) electrons. The number of ether oxygens (including phenoxy) is 1. The van der Waals surface area contributed by atoms with Gasteiger partial charge in [0.05, 0.1) is 0 Å². The summed E-state index contributed by atoms with van der Waals surface area (Å²) >= 11 is 0. The van der Waals surface area contributed by atoms with Gasteiger partial charge >= 0.3 is 0 Å². The van der Waals surface area contributed by atoms with Gasteiger partial charge in [-0.2, -0.15) is 0 Å². The summed E-state index contributed by atoms with van der Waals surface area (Å²) in [4.78, 5) is 2.65. The Kier molecular flexibility index (Phi) is 8.23. The number of hydrogen-bond donors (Lipinski definition) is 1. The third-order valence-electron chi connectivity index (χ3n) is 5.07. The minimum absolute atomic E-state index is 0. The van der Waals surface area contributed by atoms with Crippen molar-refractivity contribution >= 4 is 24.8 Å². The SMILES string of the molecule is Cl.Cl.c1ccc(Oc2cccc([C@@H](CC3CC3)N3CCNCC3)c2)cc1. The number of piperazine rings is 1. The van der Waals surface area contributed by atoms with Crippen LogP contribution in [-0.2, 0) is 0 Å². The molecule has 2 aromatic rings. The quantitative estimate of drug-likeness (QED) is 0.739. The van der Waals surface area contributed by atoms with Gasteiger partial charge in [0.1, 0.15) is 11.5 Å². The molecule has 2 aromatic carbocycles. The van der Waals surface area contributed by atoms with Crippen molar-refractivity contribution in [2.45, 2.75) is 25.3 Å². The van der Waals surface area contributed by atoms with Gasteiger partial charge in [0.15, 0.2) is 0 Å². The van der Waals surface area contributed by atoms with Gasteiger partial charge in [-0.3, -0.25) is 4.90 Å². The molecular formula is C21H28Cl2N2O. The van der Waals surface area contributed by atoms with Crippen LogP contribution in [0.4, 0.5) is 0 Å². The maximum absolute atomic E-state index is 6.05. The fraction of sp³-hybridized carbons (Fsp3) is 0.429. The number of halogens is 2. The van der Waals surface area contributed by atoms with Gasteiger partial charge in [-0.1, -0.05) is 43.2 Å². The van der Waals surface area contributed by atoms with Crippen molar-refractivity contribution in [3.63, 3.8) is 0 Å². The van der Waals surface area contributed by atoms with Gasteiger partial charge in [0.2, 0.25) is 0 Å². The standard InChI is InChI=1S/C21H26N2O.2ClH/c1-2-6-19(7-3-1)24-20-8-4-5-18(16-20)21(15-17-9-10-17)23-13-11-22-12-14-23;;/h1-8,16-17,21-22H,9-15H2;2*1H/t21-;;/m1../s1. The van der Waals surface area contributed by atoms with Crippen LogP contribution in [0.5, 0.6) is 11.5 Å². The van der Waals surface area contributed by atoms with Crippen molar-refractivity contribution in [2.24, 2.45) is 5.92 Å². The highest BCUT2D eigenvalue weighted by Gasteiger charge is 2.30. The lowest BCUT2D eigenvalue weighted by atomic mass is 9.98. The first kappa shape index (κ1) is 21.0. The molecule has 142 valence electrons. The number of hydrogen-bond acceptors (Lipinski definition) is 3. The molecule has 1 atom stereocenters. The van der Waals surface area contributed by atoms with Crippen LogP contribution < -0.4 is 10.1 Å². The molecule has 1 aliphatic carbocycles. The third-order valence-corrected chi connectivity index (χ3v) is 5.07. The fourth-order valence-corrected chi connectivity index (χ4v) is 3.57. The predicted molar refractivity (Wildman–Crippen MR) is 112 cm³/mol. The van der Waals surface area contributed by atoms with Crippen molar-refractivity contribution in [3.05, 3.63) is 60.2 Å². The number of nitrogens with zero attached hydrogens (tertiary/aromatic N) is 1. The Hall–Kier alpha value is -1.26. The zero-order valence-electron chi connectivity index (χ0n) is 15.0. The molecule has 26 heavy (non-hydrogen) atoms. The average Bonchev–Trinajstić information content (AvgIpc) is 3.46. The van der Waals surface area contributed by atoms with Gasteiger partial charge in [0, 0.05) is 32.2 Å². The van der Waals surface area contributed by atoms with E-state index in [0.717, 1.165) is 43.6 Å². The molecule has 1 N–H and O–H groups in total. The molecule has 1 heterocycles. The van der Waals surface area contributed by atoms with Crippen LogP contribution >= 0.6 is 24.8 Å². The Labute approximate surface area is 168 Å². The van der Waals surface area contributed by atoms with Gasteiger partial charge in [-0.25, -0.2) is 0 Å². The highest BCUT2D eigenvalue weighted by atomic mass is 35.5. The van der Waals surface area contributed by atoms with Gasteiger partial charge < -0.3 is 10.1 Å². The number of rotatable bonds is 6. The van der Waals surface area contributed by atoms with Crippen LogP contribution in [0.15, 0.2) is 54.6 Å². The maximum Gasteiger partial charge on any atom is 0.127 e. The Morgan fingerprint density at radius 2 is 1.62 bits per heavy atom. The van der Waals surface area contributed by atoms with E-state index in [1.54, 1.807) is 0 Å². The smallest absolute Gasteiger partial charge is 0.127 e. The summed E-state index contributed by atoms with van der Waals surface area (Å²) in [7, 11) is 0. The zero-order chi connectivity index (χ0) is 16.2. The lowest BCUT2D eigenvalue weighted by Crippen LogP contribution is -2.45. The van der Waals surface area contributed by atoms with Gasteiger partial charge in [-0.15, -0.1) is 24.8 Å². The molecule has 1 aliphatic heterocycles. The molecule has 0 bridgehead atoms. The topological polar surface area (TPSA) is 24.5 Å². The van der Waals surface area contributed by atoms with Crippen LogP contribution in [0.2, 0.25) is 0 Å². The summed E-state index contributed by atoms with van der Waals surface area (Å²) in [5, 5.41) is 3.47. The Balaban J connectivity index is 0.00000121. The predicted octanol–water partition coefficient (Wildman–Crippen LogP) is 5.07. The van der Waals surface area contributed by atoms with Crippen molar-refractivity contribution in [3.8, 4) is 11.5 Å². The second-order valence-corrected chi connectivity index (χ2v) is 6.97. The van der Waals surface area contributed by atoms with Crippen LogP contribution in [0.1, 0.15) is 30.9 Å². The van der Waals surface area contributed by atoms with Crippen LogP contribution in [0, 0.1) is 5.92 Å². The van der Waals surface area contributed by atoms with Crippen molar-refractivity contribution in [2.75, 3.05) is 26.2 Å². The van der Waals surface area contributed by atoms with Crippen molar-refractivity contribution in [1.82, 2.24) is 10.2 Å². The summed E-state index contributed by atoms with van der Waals surface area (Å²) in [5.41, 5.74) is 1.40. The molecule has 0 amide bonds. The van der Waals surface area contributed by atoms with Gasteiger partial charge in [0.25, 0.3) is 0 Å². The molecule has 0 unspecified atom stereocenters. The summed E-state index contributed by atoms with van der Waals surface area (Å²) in [6.45, 7) is 4.48. The normalized spacial score (nSPS) is 18.3. The second-order valence-electron chi connectivity index (χ2n) is 6.97. The minimum atomic E-state index is 0. The number of nitrogens with one attached hydrogen (secondary N) is 1. The first-order chi connectivity index (χ1) is 11.9.